The van der Waals surface area contributed by atoms with Gasteiger partial charge in [0.05, 0.1) is 15.3 Å². The third-order valence-electron chi connectivity index (χ3n) is 7.31. The van der Waals surface area contributed by atoms with Crippen LogP contribution in [0.3, 0.4) is 0 Å². The summed E-state index contributed by atoms with van der Waals surface area (Å²) < 4.78 is 27.3. The lowest BCUT2D eigenvalue weighted by molar-refractivity contribution is 0.175. The van der Waals surface area contributed by atoms with Crippen molar-refractivity contribution in [2.75, 3.05) is 0 Å². The standard InChI is InChI=1S/C31H33F2NS3/c32-24-11-16-27(17-12-24)36-31(37-28-18-13-25(33)14-19-28)21-30(34-26-8-2-1-3-9-26)35-29-15-10-22-6-4-5-7-23(22)20-29/h1-3,8-9,11-14,16-19,22-23,29,31H,4-7,10,15,20-21H2. The Balaban J connectivity index is 1.37. The highest BCUT2D eigenvalue weighted by Gasteiger charge is 2.33. The van der Waals surface area contributed by atoms with Crippen molar-refractivity contribution in [1.29, 1.82) is 0 Å². The van der Waals surface area contributed by atoms with Crippen molar-refractivity contribution in [1.82, 2.24) is 0 Å². The molecule has 3 aromatic carbocycles. The van der Waals surface area contributed by atoms with E-state index in [1.165, 1.54) is 69.2 Å². The van der Waals surface area contributed by atoms with Crippen LogP contribution in [0.25, 0.3) is 0 Å². The molecule has 3 unspecified atom stereocenters. The summed E-state index contributed by atoms with van der Waals surface area (Å²) in [7, 11) is 0. The fourth-order valence-electron chi connectivity index (χ4n) is 5.48. The van der Waals surface area contributed by atoms with Gasteiger partial charge in [0, 0.05) is 21.5 Å². The van der Waals surface area contributed by atoms with E-state index in [1.807, 2.05) is 54.2 Å². The molecule has 0 aromatic heterocycles. The summed E-state index contributed by atoms with van der Waals surface area (Å²) in [4.78, 5) is 7.18. The van der Waals surface area contributed by atoms with Gasteiger partial charge < -0.3 is 0 Å². The highest BCUT2D eigenvalue weighted by atomic mass is 32.2. The van der Waals surface area contributed by atoms with Crippen LogP contribution in [0, 0.1) is 23.5 Å². The number of aliphatic imine (C=N–C) groups is 1. The van der Waals surface area contributed by atoms with E-state index in [-0.39, 0.29) is 16.2 Å². The lowest BCUT2D eigenvalue weighted by Crippen LogP contribution is -2.29. The van der Waals surface area contributed by atoms with Crippen LogP contribution in [-0.2, 0) is 0 Å². The van der Waals surface area contributed by atoms with Crippen molar-refractivity contribution in [2.24, 2.45) is 16.8 Å². The summed E-state index contributed by atoms with van der Waals surface area (Å²) in [5, 5.41) is 1.76. The average molecular weight is 554 g/mol. The van der Waals surface area contributed by atoms with Crippen molar-refractivity contribution in [3.63, 3.8) is 0 Å². The van der Waals surface area contributed by atoms with E-state index in [2.05, 4.69) is 12.1 Å². The molecule has 0 aliphatic heterocycles. The number of benzene rings is 3. The van der Waals surface area contributed by atoms with Gasteiger partial charge in [-0.15, -0.1) is 35.3 Å². The molecule has 6 heteroatoms. The largest absolute Gasteiger partial charge is 0.247 e. The summed E-state index contributed by atoms with van der Waals surface area (Å²) in [5.41, 5.74) is 0.980. The van der Waals surface area contributed by atoms with Crippen molar-refractivity contribution >= 4 is 46.0 Å². The molecule has 3 atom stereocenters. The molecule has 0 bridgehead atoms. The number of nitrogens with zero attached hydrogens (tertiary/aromatic N) is 1. The van der Waals surface area contributed by atoms with Crippen LogP contribution in [0.2, 0.25) is 0 Å². The number of para-hydroxylation sites is 1. The molecule has 2 fully saturated rings. The van der Waals surface area contributed by atoms with Gasteiger partial charge >= 0.3 is 0 Å². The minimum absolute atomic E-state index is 0.122. The maximum atomic E-state index is 13.6. The second kappa shape index (κ2) is 13.3. The molecule has 0 saturated heterocycles. The molecular weight excluding hydrogens is 521 g/mol. The van der Waals surface area contributed by atoms with E-state index in [9.17, 15) is 8.78 Å². The van der Waals surface area contributed by atoms with Gasteiger partial charge in [-0.3, -0.25) is 0 Å². The van der Waals surface area contributed by atoms with E-state index in [1.54, 1.807) is 23.5 Å². The maximum Gasteiger partial charge on any atom is 0.123 e. The molecule has 1 nitrogen and oxygen atoms in total. The Bertz CT molecular complexity index is 1100. The number of halogens is 2. The third-order valence-corrected chi connectivity index (χ3v) is 11.1. The first-order valence-electron chi connectivity index (χ1n) is 13.2. The molecule has 2 aliphatic rings. The Kier molecular flexibility index (Phi) is 9.68. The highest BCUT2D eigenvalue weighted by molar-refractivity contribution is 8.18. The zero-order chi connectivity index (χ0) is 25.5. The van der Waals surface area contributed by atoms with Crippen LogP contribution in [0.15, 0.2) is 93.6 Å². The molecule has 2 saturated carbocycles. The molecule has 2 aliphatic carbocycles. The van der Waals surface area contributed by atoms with E-state index in [0.29, 0.717) is 5.25 Å². The van der Waals surface area contributed by atoms with Gasteiger partial charge in [0.2, 0.25) is 0 Å². The van der Waals surface area contributed by atoms with Crippen LogP contribution in [-0.4, -0.2) is 14.9 Å². The molecule has 0 heterocycles. The summed E-state index contributed by atoms with van der Waals surface area (Å²) in [6.07, 6.45) is 10.3. The van der Waals surface area contributed by atoms with Crippen molar-refractivity contribution in [3.8, 4) is 0 Å². The predicted octanol–water partition coefficient (Wildman–Crippen LogP) is 10.4. The predicted molar refractivity (Wildman–Crippen MR) is 157 cm³/mol. The van der Waals surface area contributed by atoms with Gasteiger partial charge in [-0.05, 0) is 91.8 Å². The summed E-state index contributed by atoms with van der Waals surface area (Å²) in [5.74, 6) is 1.34. The van der Waals surface area contributed by atoms with Gasteiger partial charge in [0.15, 0.2) is 0 Å². The molecule has 0 radical (unpaired) electrons. The maximum absolute atomic E-state index is 13.6. The Morgan fingerprint density at radius 2 is 1.32 bits per heavy atom. The first-order chi connectivity index (χ1) is 18.1. The zero-order valence-corrected chi connectivity index (χ0v) is 23.3. The van der Waals surface area contributed by atoms with E-state index in [4.69, 9.17) is 4.99 Å². The van der Waals surface area contributed by atoms with Gasteiger partial charge in [-0.25, -0.2) is 13.8 Å². The SMILES string of the molecule is Fc1ccc(SC(CC(=Nc2ccccc2)SC2CCC3CCCCC3C2)Sc2ccc(F)cc2)cc1. The van der Waals surface area contributed by atoms with Crippen LogP contribution in [0.4, 0.5) is 14.5 Å². The lowest BCUT2D eigenvalue weighted by Gasteiger charge is -2.39. The van der Waals surface area contributed by atoms with Gasteiger partial charge in [0.25, 0.3) is 0 Å². The van der Waals surface area contributed by atoms with E-state index >= 15 is 0 Å². The number of hydrogen-bond acceptors (Lipinski definition) is 4. The Morgan fingerprint density at radius 1 is 0.730 bits per heavy atom. The fraction of sp³-hybridized carbons (Fsp3) is 0.387. The van der Waals surface area contributed by atoms with Crippen molar-refractivity contribution < 1.29 is 8.78 Å². The lowest BCUT2D eigenvalue weighted by atomic mass is 9.71. The molecule has 0 N–H and O–H groups in total. The monoisotopic (exact) mass is 553 g/mol. The Hall–Kier alpha value is -1.76. The first-order valence-corrected chi connectivity index (χ1v) is 15.9. The summed E-state index contributed by atoms with van der Waals surface area (Å²) >= 11 is 5.42. The molecule has 37 heavy (non-hydrogen) atoms. The van der Waals surface area contributed by atoms with E-state index in [0.717, 1.165) is 38.8 Å². The number of rotatable bonds is 8. The Labute approximate surface area is 232 Å². The fourth-order valence-corrected chi connectivity index (χ4v) is 9.63. The smallest absolute Gasteiger partial charge is 0.123 e. The third kappa shape index (κ3) is 8.11. The number of thioether (sulfide) groups is 3. The second-order valence-electron chi connectivity index (χ2n) is 9.98. The second-order valence-corrected chi connectivity index (χ2v) is 14.2. The number of hydrogen-bond donors (Lipinski definition) is 0. The van der Waals surface area contributed by atoms with Gasteiger partial charge in [0.1, 0.15) is 11.6 Å². The topological polar surface area (TPSA) is 12.4 Å². The van der Waals surface area contributed by atoms with Crippen LogP contribution < -0.4 is 0 Å². The Morgan fingerprint density at radius 3 is 1.95 bits per heavy atom. The molecule has 194 valence electrons. The van der Waals surface area contributed by atoms with Gasteiger partial charge in [-0.2, -0.15) is 0 Å². The van der Waals surface area contributed by atoms with Gasteiger partial charge in [-0.1, -0.05) is 43.9 Å². The normalized spacial score (nSPS) is 22.1. The molecule has 5 rings (SSSR count). The van der Waals surface area contributed by atoms with Crippen LogP contribution >= 0.6 is 35.3 Å². The molecule has 0 amide bonds. The quantitative estimate of drug-likeness (QED) is 0.119. The van der Waals surface area contributed by atoms with Crippen LogP contribution in [0.5, 0.6) is 0 Å². The molecule has 3 aromatic rings. The average Bonchev–Trinajstić information content (AvgIpc) is 2.92. The molecule has 0 spiro atoms. The molecular formula is C31H33F2NS3. The van der Waals surface area contributed by atoms with Crippen molar-refractivity contribution in [2.45, 2.75) is 71.0 Å². The highest BCUT2D eigenvalue weighted by Crippen LogP contribution is 2.46. The summed E-state index contributed by atoms with van der Waals surface area (Å²) in [6, 6.07) is 23.6. The van der Waals surface area contributed by atoms with Crippen LogP contribution in [0.1, 0.15) is 51.4 Å². The minimum Gasteiger partial charge on any atom is -0.247 e. The number of fused-ring (bicyclic) bond motifs is 1. The van der Waals surface area contributed by atoms with E-state index < -0.39 is 0 Å². The zero-order valence-electron chi connectivity index (χ0n) is 20.9. The minimum atomic E-state index is -0.229. The summed E-state index contributed by atoms with van der Waals surface area (Å²) in [6.45, 7) is 0. The van der Waals surface area contributed by atoms with Crippen molar-refractivity contribution in [3.05, 3.63) is 90.5 Å². The first kappa shape index (κ1) is 26.8.